The van der Waals surface area contributed by atoms with Crippen molar-refractivity contribution < 1.29 is 4.79 Å². The Balaban J connectivity index is 1.95. The summed E-state index contributed by atoms with van der Waals surface area (Å²) in [4.78, 5) is 16.4. The molecule has 6 heteroatoms. The Kier molecular flexibility index (Phi) is 5.98. The van der Waals surface area contributed by atoms with Crippen LogP contribution in [-0.2, 0) is 0 Å². The van der Waals surface area contributed by atoms with E-state index in [1.807, 2.05) is 18.7 Å². The van der Waals surface area contributed by atoms with Crippen molar-refractivity contribution in [3.05, 3.63) is 22.8 Å². The van der Waals surface area contributed by atoms with Crippen molar-refractivity contribution in [1.29, 1.82) is 0 Å². The Morgan fingerprint density at radius 1 is 1.50 bits per heavy atom. The molecule has 0 radical (unpaired) electrons. The highest BCUT2D eigenvalue weighted by Crippen LogP contribution is 2.24. The van der Waals surface area contributed by atoms with Crippen molar-refractivity contribution in [2.45, 2.75) is 31.4 Å². The number of carbonyl (C=O) groups excluding carboxylic acids is 1. The Morgan fingerprint density at radius 2 is 2.35 bits per heavy atom. The Bertz CT molecular complexity index is 464. The fourth-order valence-electron chi connectivity index (χ4n) is 2.14. The van der Waals surface area contributed by atoms with Crippen LogP contribution >= 0.6 is 23.4 Å². The molecule has 1 unspecified atom stereocenters. The number of nitrogens with zero attached hydrogens (tertiary/aromatic N) is 1. The predicted molar refractivity (Wildman–Crippen MR) is 85.8 cm³/mol. The van der Waals surface area contributed by atoms with E-state index in [1.165, 1.54) is 25.0 Å². The van der Waals surface area contributed by atoms with Crippen LogP contribution in [0.15, 0.2) is 12.1 Å². The molecular weight excluding hydrogens is 294 g/mol. The third kappa shape index (κ3) is 4.28. The van der Waals surface area contributed by atoms with Crippen LogP contribution in [0, 0.1) is 0 Å². The number of pyridine rings is 1. The first-order valence-corrected chi connectivity index (χ1v) is 8.43. The van der Waals surface area contributed by atoms with E-state index in [0.717, 1.165) is 6.54 Å². The van der Waals surface area contributed by atoms with Gasteiger partial charge in [-0.25, -0.2) is 4.98 Å². The highest BCUT2D eigenvalue weighted by atomic mass is 35.5. The van der Waals surface area contributed by atoms with E-state index in [2.05, 4.69) is 15.6 Å². The quantitative estimate of drug-likeness (QED) is 0.876. The number of aromatic nitrogens is 1. The van der Waals surface area contributed by atoms with Gasteiger partial charge in [-0.3, -0.25) is 4.79 Å². The van der Waals surface area contributed by atoms with Gasteiger partial charge in [-0.05, 0) is 37.7 Å². The number of amides is 1. The maximum atomic E-state index is 12.2. The molecule has 1 atom stereocenters. The van der Waals surface area contributed by atoms with Gasteiger partial charge in [0.1, 0.15) is 11.5 Å². The monoisotopic (exact) mass is 313 g/mol. The third-order valence-corrected chi connectivity index (χ3v) is 4.89. The zero-order valence-electron chi connectivity index (χ0n) is 11.6. The molecule has 2 N–H and O–H groups in total. The van der Waals surface area contributed by atoms with Crippen LogP contribution in [0.25, 0.3) is 0 Å². The van der Waals surface area contributed by atoms with Crippen molar-refractivity contribution in [2.24, 2.45) is 0 Å². The van der Waals surface area contributed by atoms with Crippen LogP contribution in [0.4, 0.5) is 5.82 Å². The Morgan fingerprint density at radius 3 is 3.05 bits per heavy atom. The summed E-state index contributed by atoms with van der Waals surface area (Å²) in [5.41, 5.74) is 0.297. The van der Waals surface area contributed by atoms with Crippen molar-refractivity contribution in [3.8, 4) is 0 Å². The number of hydrogen-bond acceptors (Lipinski definition) is 4. The fourth-order valence-corrected chi connectivity index (χ4v) is 3.57. The molecule has 1 aromatic heterocycles. The maximum absolute atomic E-state index is 12.2. The molecule has 1 aliphatic rings. The predicted octanol–water partition coefficient (Wildman–Crippen LogP) is 3.18. The first kappa shape index (κ1) is 15.4. The lowest BCUT2D eigenvalue weighted by atomic mass is 10.2. The minimum Gasteiger partial charge on any atom is -0.370 e. The van der Waals surface area contributed by atoms with E-state index >= 15 is 0 Å². The molecule has 1 saturated heterocycles. The van der Waals surface area contributed by atoms with Gasteiger partial charge in [-0.15, -0.1) is 0 Å². The number of nitrogens with one attached hydrogen (secondary N) is 2. The number of thioether (sulfide) groups is 1. The number of anilines is 1. The van der Waals surface area contributed by atoms with Gasteiger partial charge in [0.05, 0.1) is 5.02 Å². The summed E-state index contributed by atoms with van der Waals surface area (Å²) in [5, 5.41) is 6.93. The molecule has 1 fully saturated rings. The normalized spacial score (nSPS) is 18.6. The zero-order valence-corrected chi connectivity index (χ0v) is 13.2. The molecule has 0 aliphatic carbocycles. The molecule has 4 nitrogen and oxygen atoms in total. The van der Waals surface area contributed by atoms with Crippen LogP contribution in [0.3, 0.4) is 0 Å². The topological polar surface area (TPSA) is 54.0 Å². The first-order valence-electron chi connectivity index (χ1n) is 7.01. The Hall–Kier alpha value is -0.940. The SMILES string of the molecule is CCNc1ccc(Cl)c(C(=O)NCC2CCCCS2)n1. The molecule has 0 aromatic carbocycles. The van der Waals surface area contributed by atoms with Gasteiger partial charge in [0.25, 0.3) is 5.91 Å². The summed E-state index contributed by atoms with van der Waals surface area (Å²) in [6, 6.07) is 3.48. The molecule has 110 valence electrons. The van der Waals surface area contributed by atoms with Crippen molar-refractivity contribution in [2.75, 3.05) is 24.2 Å². The van der Waals surface area contributed by atoms with Gasteiger partial charge in [0, 0.05) is 18.3 Å². The van der Waals surface area contributed by atoms with Crippen LogP contribution in [0.1, 0.15) is 36.7 Å². The van der Waals surface area contributed by atoms with Gasteiger partial charge in [0.15, 0.2) is 0 Å². The average Bonchev–Trinajstić information content (AvgIpc) is 2.48. The van der Waals surface area contributed by atoms with E-state index in [4.69, 9.17) is 11.6 Å². The fraction of sp³-hybridized carbons (Fsp3) is 0.571. The summed E-state index contributed by atoms with van der Waals surface area (Å²) in [7, 11) is 0. The summed E-state index contributed by atoms with van der Waals surface area (Å²) in [6.45, 7) is 3.43. The highest BCUT2D eigenvalue weighted by molar-refractivity contribution is 7.99. The second kappa shape index (κ2) is 7.74. The molecule has 0 saturated carbocycles. The second-order valence-corrected chi connectivity index (χ2v) is 6.57. The molecule has 0 spiro atoms. The lowest BCUT2D eigenvalue weighted by Gasteiger charge is -2.21. The van der Waals surface area contributed by atoms with E-state index in [9.17, 15) is 4.79 Å². The molecule has 2 rings (SSSR count). The molecule has 1 aliphatic heterocycles. The smallest absolute Gasteiger partial charge is 0.271 e. The number of hydrogen-bond donors (Lipinski definition) is 2. The maximum Gasteiger partial charge on any atom is 0.271 e. The standard InChI is InChI=1S/C14H20ClN3OS/c1-2-16-12-7-6-11(15)13(18-12)14(19)17-9-10-5-3-4-8-20-10/h6-7,10H,2-5,8-9H2,1H3,(H,16,18)(H,17,19). The van der Waals surface area contributed by atoms with Crippen LogP contribution in [-0.4, -0.2) is 35.0 Å². The molecule has 2 heterocycles. The minimum atomic E-state index is -0.194. The number of carbonyl (C=O) groups is 1. The summed E-state index contributed by atoms with van der Waals surface area (Å²) in [6.07, 6.45) is 3.71. The lowest BCUT2D eigenvalue weighted by Crippen LogP contribution is -2.32. The van der Waals surface area contributed by atoms with Crippen molar-refractivity contribution in [3.63, 3.8) is 0 Å². The lowest BCUT2D eigenvalue weighted by molar-refractivity contribution is 0.0948. The van der Waals surface area contributed by atoms with E-state index < -0.39 is 0 Å². The largest absolute Gasteiger partial charge is 0.370 e. The van der Waals surface area contributed by atoms with Gasteiger partial charge >= 0.3 is 0 Å². The van der Waals surface area contributed by atoms with E-state index in [0.29, 0.717) is 28.3 Å². The van der Waals surface area contributed by atoms with Gasteiger partial charge < -0.3 is 10.6 Å². The molecule has 0 bridgehead atoms. The number of rotatable bonds is 5. The molecular formula is C14H20ClN3OS. The summed E-state index contributed by atoms with van der Waals surface area (Å²) >= 11 is 7.99. The third-order valence-electron chi connectivity index (χ3n) is 3.18. The van der Waals surface area contributed by atoms with Crippen LogP contribution in [0.2, 0.25) is 5.02 Å². The van der Waals surface area contributed by atoms with Crippen molar-refractivity contribution >= 4 is 35.1 Å². The average molecular weight is 314 g/mol. The minimum absolute atomic E-state index is 0.194. The first-order chi connectivity index (χ1) is 9.70. The zero-order chi connectivity index (χ0) is 14.4. The van der Waals surface area contributed by atoms with Crippen LogP contribution < -0.4 is 10.6 Å². The molecule has 1 aromatic rings. The van der Waals surface area contributed by atoms with E-state index in [1.54, 1.807) is 12.1 Å². The molecule has 1 amide bonds. The van der Waals surface area contributed by atoms with Crippen molar-refractivity contribution in [1.82, 2.24) is 10.3 Å². The van der Waals surface area contributed by atoms with Gasteiger partial charge in [0.2, 0.25) is 0 Å². The van der Waals surface area contributed by atoms with Crippen LogP contribution in [0.5, 0.6) is 0 Å². The summed E-state index contributed by atoms with van der Waals surface area (Å²) in [5.74, 6) is 1.67. The number of halogens is 1. The second-order valence-electron chi connectivity index (χ2n) is 4.76. The Labute approximate surface area is 129 Å². The van der Waals surface area contributed by atoms with E-state index in [-0.39, 0.29) is 5.91 Å². The van der Waals surface area contributed by atoms with Gasteiger partial charge in [-0.2, -0.15) is 11.8 Å². The molecule has 20 heavy (non-hydrogen) atoms. The highest BCUT2D eigenvalue weighted by Gasteiger charge is 2.17. The van der Waals surface area contributed by atoms with Gasteiger partial charge in [-0.1, -0.05) is 18.0 Å². The summed E-state index contributed by atoms with van der Waals surface area (Å²) < 4.78 is 0.